The average Bonchev–Trinajstić information content (AvgIpc) is 3.20. The van der Waals surface area contributed by atoms with Crippen LogP contribution >= 0.6 is 0 Å². The molecule has 2 atom stereocenters. The number of aromatic hydroxyl groups is 1. The van der Waals surface area contributed by atoms with Gasteiger partial charge in [-0.05, 0) is 60.7 Å². The summed E-state index contributed by atoms with van der Waals surface area (Å²) in [7, 11) is 0. The molecule has 6 nitrogen and oxygen atoms in total. The summed E-state index contributed by atoms with van der Waals surface area (Å²) in [5, 5.41) is 18.2. The molecule has 0 saturated heterocycles. The molecular weight excluding hydrogens is 424 g/mol. The predicted octanol–water partition coefficient (Wildman–Crippen LogP) is 5.24. The van der Waals surface area contributed by atoms with E-state index in [9.17, 15) is 9.90 Å². The molecule has 0 bridgehead atoms. The molecule has 168 valence electrons. The van der Waals surface area contributed by atoms with Crippen molar-refractivity contribution in [3.8, 4) is 11.4 Å². The Labute approximate surface area is 197 Å². The molecule has 0 radical (unpaired) electrons. The average molecular weight is 449 g/mol. The minimum absolute atomic E-state index is 0.0460. The number of fused-ring (bicyclic) bond motifs is 1. The first-order chi connectivity index (χ1) is 16.6. The van der Waals surface area contributed by atoms with Gasteiger partial charge in [0.2, 0.25) is 0 Å². The first-order valence-electron chi connectivity index (χ1n) is 11.5. The summed E-state index contributed by atoms with van der Waals surface area (Å²) in [6.45, 7) is 2.00. The van der Waals surface area contributed by atoms with E-state index < -0.39 is 0 Å². The van der Waals surface area contributed by atoms with Gasteiger partial charge < -0.3 is 10.4 Å². The molecule has 2 aromatic heterocycles. The summed E-state index contributed by atoms with van der Waals surface area (Å²) in [5.41, 5.74) is 6.66. The molecule has 0 spiro atoms. The molecule has 6 rings (SSSR count). The van der Waals surface area contributed by atoms with Gasteiger partial charge in [-0.15, -0.1) is 0 Å². The summed E-state index contributed by atoms with van der Waals surface area (Å²) in [6.07, 6.45) is 4.75. The van der Waals surface area contributed by atoms with Gasteiger partial charge >= 0.3 is 0 Å². The number of nitrogens with zero attached hydrogens (tertiary/aromatic N) is 3. The zero-order valence-electron chi connectivity index (χ0n) is 18.8. The van der Waals surface area contributed by atoms with Gasteiger partial charge in [0, 0.05) is 41.6 Å². The molecule has 0 unspecified atom stereocenters. The third kappa shape index (κ3) is 3.30. The third-order valence-electron chi connectivity index (χ3n) is 6.84. The van der Waals surface area contributed by atoms with Crippen LogP contribution in [-0.4, -0.2) is 25.7 Å². The van der Waals surface area contributed by atoms with Crippen LogP contribution in [0.25, 0.3) is 5.69 Å². The number of rotatable bonds is 3. The normalized spacial score (nSPS) is 19.4. The number of benzene rings is 2. The number of hydrogen-bond acceptors (Lipinski definition) is 5. The second kappa shape index (κ2) is 7.99. The Balaban J connectivity index is 1.51. The summed E-state index contributed by atoms with van der Waals surface area (Å²) in [6, 6.07) is 21.2. The van der Waals surface area contributed by atoms with E-state index >= 15 is 0 Å². The van der Waals surface area contributed by atoms with Crippen LogP contribution in [0.3, 0.4) is 0 Å². The van der Waals surface area contributed by atoms with Gasteiger partial charge in [-0.2, -0.15) is 5.10 Å². The zero-order valence-corrected chi connectivity index (χ0v) is 18.8. The van der Waals surface area contributed by atoms with Gasteiger partial charge in [-0.25, -0.2) is 4.68 Å². The molecule has 1 aliphatic heterocycles. The van der Waals surface area contributed by atoms with Crippen molar-refractivity contribution in [3.05, 3.63) is 113 Å². The van der Waals surface area contributed by atoms with Crippen molar-refractivity contribution < 1.29 is 9.90 Å². The Bertz CT molecular complexity index is 1410. The summed E-state index contributed by atoms with van der Waals surface area (Å²) < 4.78 is 1.94. The standard InChI is InChI=1S/C28H24N4O2/c1-17-25-26(19-6-5-13-29-16-19)27-23(30-28(25)32(31-17)21-7-3-2-4-8-21)14-20(15-24(27)34)18-9-11-22(33)12-10-18/h2-13,16,20,26,30,33H,14-15H2,1H3/t20-,26-/m0/s1. The SMILES string of the molecule is Cc1nn(-c2ccccc2)c2c1[C@H](c1cccnc1)C1=C(C[C@H](c3ccc(O)cc3)CC1=O)N2. The van der Waals surface area contributed by atoms with Crippen molar-refractivity contribution in [3.63, 3.8) is 0 Å². The van der Waals surface area contributed by atoms with Gasteiger partial charge in [0.1, 0.15) is 11.6 Å². The number of allylic oxidation sites excluding steroid dienone is 2. The van der Waals surface area contributed by atoms with Crippen molar-refractivity contribution in [2.45, 2.75) is 31.6 Å². The Morgan fingerprint density at radius 3 is 2.50 bits per heavy atom. The van der Waals surface area contributed by atoms with Crippen LogP contribution in [0.2, 0.25) is 0 Å². The van der Waals surface area contributed by atoms with Crippen LogP contribution in [0.4, 0.5) is 5.82 Å². The summed E-state index contributed by atoms with van der Waals surface area (Å²) in [5.74, 6) is 1.09. The van der Waals surface area contributed by atoms with Gasteiger partial charge in [0.05, 0.1) is 11.4 Å². The monoisotopic (exact) mass is 448 g/mol. The molecule has 2 aliphatic rings. The lowest BCUT2D eigenvalue weighted by Crippen LogP contribution is -2.30. The summed E-state index contributed by atoms with van der Waals surface area (Å²) in [4.78, 5) is 18.0. The van der Waals surface area contributed by atoms with E-state index in [0.29, 0.717) is 12.8 Å². The fourth-order valence-corrected chi connectivity index (χ4v) is 5.29. The number of para-hydroxylation sites is 1. The second-order valence-electron chi connectivity index (χ2n) is 8.95. The van der Waals surface area contributed by atoms with Crippen LogP contribution < -0.4 is 5.32 Å². The van der Waals surface area contributed by atoms with Crippen molar-refractivity contribution in [2.75, 3.05) is 5.32 Å². The highest BCUT2D eigenvalue weighted by atomic mass is 16.3. The molecule has 1 aliphatic carbocycles. The number of nitrogens with one attached hydrogen (secondary N) is 1. The number of phenolic OH excluding ortho intramolecular Hbond substituents is 1. The smallest absolute Gasteiger partial charge is 0.162 e. The molecule has 34 heavy (non-hydrogen) atoms. The van der Waals surface area contributed by atoms with E-state index in [1.807, 2.05) is 72.4 Å². The number of pyridine rings is 1. The third-order valence-corrected chi connectivity index (χ3v) is 6.84. The van der Waals surface area contributed by atoms with Crippen molar-refractivity contribution in [1.29, 1.82) is 0 Å². The first-order valence-corrected chi connectivity index (χ1v) is 11.5. The molecule has 2 N–H and O–H groups in total. The maximum Gasteiger partial charge on any atom is 0.162 e. The van der Waals surface area contributed by atoms with Crippen LogP contribution in [0.5, 0.6) is 5.75 Å². The van der Waals surface area contributed by atoms with Gasteiger partial charge in [0.15, 0.2) is 5.78 Å². The number of Topliss-reactive ketones (excluding diaryl/α,β-unsaturated/α-hetero) is 1. The molecule has 3 heterocycles. The maximum atomic E-state index is 13.7. The number of phenols is 1. The summed E-state index contributed by atoms with van der Waals surface area (Å²) >= 11 is 0. The van der Waals surface area contributed by atoms with E-state index in [0.717, 1.165) is 45.2 Å². The predicted molar refractivity (Wildman–Crippen MR) is 130 cm³/mol. The van der Waals surface area contributed by atoms with Crippen molar-refractivity contribution in [1.82, 2.24) is 14.8 Å². The lowest BCUT2D eigenvalue weighted by atomic mass is 9.72. The van der Waals surface area contributed by atoms with Crippen molar-refractivity contribution in [2.24, 2.45) is 0 Å². The van der Waals surface area contributed by atoms with E-state index in [1.54, 1.807) is 18.3 Å². The van der Waals surface area contributed by atoms with Crippen LogP contribution in [0.15, 0.2) is 90.4 Å². The molecule has 2 aromatic carbocycles. The Hall–Kier alpha value is -4.19. The number of anilines is 1. The van der Waals surface area contributed by atoms with E-state index in [4.69, 9.17) is 5.10 Å². The molecule has 0 saturated carbocycles. The molecular formula is C28H24N4O2. The lowest BCUT2D eigenvalue weighted by Gasteiger charge is -2.35. The first kappa shape index (κ1) is 20.4. The highest BCUT2D eigenvalue weighted by Crippen LogP contribution is 2.49. The van der Waals surface area contributed by atoms with Gasteiger partial charge in [-0.1, -0.05) is 36.4 Å². The number of aromatic nitrogens is 3. The number of carbonyl (C=O) groups is 1. The minimum Gasteiger partial charge on any atom is -0.508 e. The lowest BCUT2D eigenvalue weighted by molar-refractivity contribution is -0.116. The number of carbonyl (C=O) groups excluding carboxylic acids is 1. The van der Waals surface area contributed by atoms with Crippen LogP contribution in [0.1, 0.15) is 47.1 Å². The van der Waals surface area contributed by atoms with Gasteiger partial charge in [0.25, 0.3) is 0 Å². The highest BCUT2D eigenvalue weighted by molar-refractivity contribution is 6.01. The fraction of sp³-hybridized carbons (Fsp3) is 0.179. The number of hydrogen-bond donors (Lipinski definition) is 2. The molecule has 6 heteroatoms. The van der Waals surface area contributed by atoms with E-state index in [2.05, 4.69) is 10.3 Å². The van der Waals surface area contributed by atoms with Crippen LogP contribution in [0, 0.1) is 6.92 Å². The Kier molecular flexibility index (Phi) is 4.80. The van der Waals surface area contributed by atoms with E-state index in [1.165, 1.54) is 0 Å². The van der Waals surface area contributed by atoms with Crippen LogP contribution in [-0.2, 0) is 4.79 Å². The largest absolute Gasteiger partial charge is 0.508 e. The van der Waals surface area contributed by atoms with Gasteiger partial charge in [-0.3, -0.25) is 9.78 Å². The van der Waals surface area contributed by atoms with Crippen molar-refractivity contribution >= 4 is 11.6 Å². The maximum absolute atomic E-state index is 13.7. The van der Waals surface area contributed by atoms with E-state index in [-0.39, 0.29) is 23.4 Å². The Morgan fingerprint density at radius 2 is 1.76 bits per heavy atom. The molecule has 0 fully saturated rings. The minimum atomic E-state index is -0.217. The number of ketones is 1. The number of aryl methyl sites for hydroxylation is 1. The Morgan fingerprint density at radius 1 is 0.971 bits per heavy atom. The quantitative estimate of drug-likeness (QED) is 0.448. The molecule has 0 amide bonds. The highest BCUT2D eigenvalue weighted by Gasteiger charge is 2.41. The fourth-order valence-electron chi connectivity index (χ4n) is 5.29. The zero-order chi connectivity index (χ0) is 23.2. The second-order valence-corrected chi connectivity index (χ2v) is 8.95. The molecule has 4 aromatic rings. The topological polar surface area (TPSA) is 80.0 Å².